The predicted octanol–water partition coefficient (Wildman–Crippen LogP) is 1.24. The molecule has 1 unspecified atom stereocenters. The molecule has 5 heteroatoms. The number of phenolic OH excluding ortho intramolecular Hbond substituents is 1. The number of nitrogens with two attached hydrogens (primary N) is 1. The van der Waals surface area contributed by atoms with Gasteiger partial charge in [0.1, 0.15) is 11.8 Å². The minimum atomic E-state index is -1.21. The molecule has 0 fully saturated rings. The molecule has 1 aromatic carbocycles. The van der Waals surface area contributed by atoms with Crippen molar-refractivity contribution in [2.45, 2.75) is 6.04 Å². The van der Waals surface area contributed by atoms with E-state index in [9.17, 15) is 9.90 Å². The van der Waals surface area contributed by atoms with E-state index in [2.05, 4.69) is 15.9 Å². The Morgan fingerprint density at radius 1 is 1.54 bits per heavy atom. The Bertz CT molecular complexity index is 320. The fraction of sp³-hybridized carbons (Fsp3) is 0.125. The van der Waals surface area contributed by atoms with Crippen molar-refractivity contribution >= 4 is 21.9 Å². The van der Waals surface area contributed by atoms with Gasteiger partial charge in [-0.1, -0.05) is 22.0 Å². The minimum absolute atomic E-state index is 0.121. The van der Waals surface area contributed by atoms with Crippen LogP contribution in [0.3, 0.4) is 0 Å². The first-order chi connectivity index (χ1) is 6.04. The second-order valence-corrected chi connectivity index (χ2v) is 3.34. The summed E-state index contributed by atoms with van der Waals surface area (Å²) in [5, 5.41) is 18.0. The van der Waals surface area contributed by atoms with Crippen molar-refractivity contribution in [2.75, 3.05) is 0 Å². The van der Waals surface area contributed by atoms with Gasteiger partial charge in [-0.2, -0.15) is 0 Å². The van der Waals surface area contributed by atoms with E-state index in [-0.39, 0.29) is 11.3 Å². The van der Waals surface area contributed by atoms with Crippen LogP contribution in [-0.4, -0.2) is 16.2 Å². The van der Waals surface area contributed by atoms with Crippen LogP contribution in [0.2, 0.25) is 0 Å². The van der Waals surface area contributed by atoms with E-state index in [0.717, 1.165) is 0 Å². The second-order valence-electron chi connectivity index (χ2n) is 2.49. The summed E-state index contributed by atoms with van der Waals surface area (Å²) in [6.45, 7) is 0. The Kier molecular flexibility index (Phi) is 2.90. The molecule has 0 radical (unpaired) electrons. The van der Waals surface area contributed by atoms with Crippen LogP contribution >= 0.6 is 15.9 Å². The molecule has 1 atom stereocenters. The predicted molar refractivity (Wildman–Crippen MR) is 50.4 cm³/mol. The number of carbonyl (C=O) groups is 1. The highest BCUT2D eigenvalue weighted by Crippen LogP contribution is 2.30. The van der Waals surface area contributed by atoms with E-state index in [1.807, 2.05) is 0 Å². The maximum absolute atomic E-state index is 10.5. The SMILES string of the molecule is NC(C(=O)O)c1c(O)cccc1Br. The van der Waals surface area contributed by atoms with E-state index < -0.39 is 12.0 Å². The largest absolute Gasteiger partial charge is 0.508 e. The van der Waals surface area contributed by atoms with Crippen molar-refractivity contribution in [1.82, 2.24) is 0 Å². The van der Waals surface area contributed by atoms with Crippen LogP contribution in [0.25, 0.3) is 0 Å². The number of aromatic hydroxyl groups is 1. The molecule has 0 aliphatic carbocycles. The van der Waals surface area contributed by atoms with Crippen molar-refractivity contribution in [3.8, 4) is 5.75 Å². The summed E-state index contributed by atoms with van der Waals surface area (Å²) in [4.78, 5) is 10.5. The fourth-order valence-electron chi connectivity index (χ4n) is 0.957. The number of carboxylic acid groups (broad SMARTS) is 1. The van der Waals surface area contributed by atoms with Gasteiger partial charge in [0.25, 0.3) is 0 Å². The Morgan fingerprint density at radius 3 is 2.62 bits per heavy atom. The number of benzene rings is 1. The summed E-state index contributed by atoms with van der Waals surface area (Å²) in [7, 11) is 0. The quantitative estimate of drug-likeness (QED) is 0.732. The monoisotopic (exact) mass is 245 g/mol. The molecule has 0 spiro atoms. The van der Waals surface area contributed by atoms with Gasteiger partial charge in [0, 0.05) is 10.0 Å². The van der Waals surface area contributed by atoms with E-state index >= 15 is 0 Å². The van der Waals surface area contributed by atoms with Gasteiger partial charge < -0.3 is 15.9 Å². The van der Waals surface area contributed by atoms with Crippen molar-refractivity contribution in [3.63, 3.8) is 0 Å². The number of halogens is 1. The molecular formula is C8H8BrNO3. The smallest absolute Gasteiger partial charge is 0.325 e. The van der Waals surface area contributed by atoms with Gasteiger partial charge in [0.15, 0.2) is 0 Å². The molecule has 0 saturated carbocycles. The topological polar surface area (TPSA) is 83.6 Å². The lowest BCUT2D eigenvalue weighted by Crippen LogP contribution is -2.21. The molecule has 1 rings (SSSR count). The highest BCUT2D eigenvalue weighted by Gasteiger charge is 2.20. The Morgan fingerprint density at radius 2 is 2.15 bits per heavy atom. The third-order valence-corrected chi connectivity index (χ3v) is 2.30. The molecule has 0 aliphatic heterocycles. The van der Waals surface area contributed by atoms with Crippen LogP contribution in [0.4, 0.5) is 0 Å². The molecule has 4 N–H and O–H groups in total. The zero-order valence-corrected chi connectivity index (χ0v) is 8.15. The standard InChI is InChI=1S/C8H8BrNO3/c9-4-2-1-3-5(11)6(4)7(10)8(12)13/h1-3,7,11H,10H2,(H,12,13). The molecule has 4 nitrogen and oxygen atoms in total. The molecule has 0 bridgehead atoms. The maximum atomic E-state index is 10.5. The number of rotatable bonds is 2. The number of aliphatic carboxylic acids is 1. The molecule has 0 saturated heterocycles. The Hall–Kier alpha value is -1.07. The van der Waals surface area contributed by atoms with E-state index in [1.165, 1.54) is 6.07 Å². The van der Waals surface area contributed by atoms with Crippen LogP contribution in [0, 0.1) is 0 Å². The van der Waals surface area contributed by atoms with Crippen molar-refractivity contribution in [2.24, 2.45) is 5.73 Å². The van der Waals surface area contributed by atoms with E-state index in [0.29, 0.717) is 4.47 Å². The normalized spacial score (nSPS) is 12.5. The van der Waals surface area contributed by atoms with Crippen molar-refractivity contribution in [3.05, 3.63) is 28.2 Å². The Balaban J connectivity index is 3.20. The van der Waals surface area contributed by atoms with Crippen molar-refractivity contribution in [1.29, 1.82) is 0 Å². The summed E-state index contributed by atoms with van der Waals surface area (Å²) in [6.07, 6.45) is 0. The third-order valence-electron chi connectivity index (χ3n) is 1.61. The average Bonchev–Trinajstić information content (AvgIpc) is 2.03. The van der Waals surface area contributed by atoms with Crippen LogP contribution < -0.4 is 5.73 Å². The van der Waals surface area contributed by atoms with Crippen LogP contribution in [0.5, 0.6) is 5.75 Å². The van der Waals surface area contributed by atoms with Gasteiger partial charge in [-0.05, 0) is 12.1 Å². The molecule has 70 valence electrons. The molecule has 0 aliphatic rings. The van der Waals surface area contributed by atoms with Gasteiger partial charge in [-0.3, -0.25) is 4.79 Å². The van der Waals surface area contributed by atoms with Gasteiger partial charge in [-0.15, -0.1) is 0 Å². The first-order valence-electron chi connectivity index (χ1n) is 3.50. The molecule has 0 aromatic heterocycles. The Labute approximate surface area is 83.1 Å². The molecular weight excluding hydrogens is 238 g/mol. The minimum Gasteiger partial charge on any atom is -0.508 e. The summed E-state index contributed by atoms with van der Waals surface area (Å²) in [5.74, 6) is -1.30. The lowest BCUT2D eigenvalue weighted by molar-refractivity contribution is -0.138. The molecule has 0 heterocycles. The van der Waals surface area contributed by atoms with Gasteiger partial charge in [0.2, 0.25) is 0 Å². The van der Waals surface area contributed by atoms with Crippen LogP contribution in [-0.2, 0) is 4.79 Å². The van der Waals surface area contributed by atoms with Gasteiger partial charge in [-0.25, -0.2) is 0 Å². The van der Waals surface area contributed by atoms with Crippen molar-refractivity contribution < 1.29 is 15.0 Å². The van der Waals surface area contributed by atoms with Crippen LogP contribution in [0.1, 0.15) is 11.6 Å². The first kappa shape index (κ1) is 10.0. The molecule has 13 heavy (non-hydrogen) atoms. The average molecular weight is 246 g/mol. The van der Waals surface area contributed by atoms with Gasteiger partial charge in [0.05, 0.1) is 0 Å². The van der Waals surface area contributed by atoms with Gasteiger partial charge >= 0.3 is 5.97 Å². The maximum Gasteiger partial charge on any atom is 0.325 e. The van der Waals surface area contributed by atoms with E-state index in [4.69, 9.17) is 10.8 Å². The fourth-order valence-corrected chi connectivity index (χ4v) is 1.56. The zero-order chi connectivity index (χ0) is 10.0. The zero-order valence-electron chi connectivity index (χ0n) is 6.57. The summed E-state index contributed by atoms with van der Waals surface area (Å²) in [6, 6.07) is 3.40. The third kappa shape index (κ3) is 1.99. The number of hydrogen-bond acceptors (Lipinski definition) is 3. The lowest BCUT2D eigenvalue weighted by Gasteiger charge is -2.10. The summed E-state index contributed by atoms with van der Waals surface area (Å²) >= 11 is 3.11. The lowest BCUT2D eigenvalue weighted by atomic mass is 10.1. The highest BCUT2D eigenvalue weighted by atomic mass is 79.9. The molecule has 0 amide bonds. The van der Waals surface area contributed by atoms with Crippen LogP contribution in [0.15, 0.2) is 22.7 Å². The summed E-state index contributed by atoms with van der Waals surface area (Å²) in [5.41, 5.74) is 5.54. The van der Waals surface area contributed by atoms with E-state index in [1.54, 1.807) is 12.1 Å². The first-order valence-corrected chi connectivity index (χ1v) is 4.29. The highest BCUT2D eigenvalue weighted by molar-refractivity contribution is 9.10. The second kappa shape index (κ2) is 3.76. The number of hydrogen-bond donors (Lipinski definition) is 3. The summed E-state index contributed by atoms with van der Waals surface area (Å²) < 4.78 is 0.488. The number of phenols is 1. The number of carboxylic acids is 1. The molecule has 1 aromatic rings.